The summed E-state index contributed by atoms with van der Waals surface area (Å²) < 4.78 is 5.65. The Bertz CT molecular complexity index is 584. The summed E-state index contributed by atoms with van der Waals surface area (Å²) in [6.45, 7) is 2.10. The molecule has 0 unspecified atom stereocenters. The molecule has 21 heavy (non-hydrogen) atoms. The molecule has 2 rings (SSSR count). The van der Waals surface area contributed by atoms with Crippen molar-refractivity contribution >= 4 is 35.0 Å². The van der Waals surface area contributed by atoms with E-state index in [9.17, 15) is 4.79 Å². The van der Waals surface area contributed by atoms with Gasteiger partial charge in [-0.2, -0.15) is 0 Å². The largest absolute Gasteiger partial charge is 0.493 e. The van der Waals surface area contributed by atoms with Gasteiger partial charge < -0.3 is 10.1 Å². The minimum atomic E-state index is -0.0805. The van der Waals surface area contributed by atoms with Gasteiger partial charge in [0.25, 0.3) is 0 Å². The number of ether oxygens (including phenoxy) is 1. The van der Waals surface area contributed by atoms with Crippen LogP contribution in [0.2, 0.25) is 5.02 Å². The highest BCUT2D eigenvalue weighted by Gasteiger charge is 1.98. The van der Waals surface area contributed by atoms with E-state index in [2.05, 4.69) is 5.32 Å². The van der Waals surface area contributed by atoms with Gasteiger partial charge in [0.1, 0.15) is 5.75 Å². The second kappa shape index (κ2) is 7.96. The van der Waals surface area contributed by atoms with Crippen molar-refractivity contribution in [3.05, 3.63) is 53.6 Å². The molecular formula is C16H16ClNO2S. The van der Waals surface area contributed by atoms with Crippen molar-refractivity contribution in [2.75, 3.05) is 17.7 Å². The van der Waals surface area contributed by atoms with Gasteiger partial charge in [0.2, 0.25) is 5.91 Å². The lowest BCUT2D eigenvalue weighted by molar-refractivity contribution is -0.114. The fraction of sp³-hybridized carbons (Fsp3) is 0.188. The molecule has 0 spiro atoms. The van der Waals surface area contributed by atoms with E-state index >= 15 is 0 Å². The van der Waals surface area contributed by atoms with E-state index in [1.54, 1.807) is 11.8 Å². The number of rotatable bonds is 6. The third kappa shape index (κ3) is 5.69. The number of halogens is 1. The second-order valence-electron chi connectivity index (χ2n) is 4.36. The Morgan fingerprint density at radius 2 is 1.81 bits per heavy atom. The average Bonchev–Trinajstić information content (AvgIpc) is 2.46. The van der Waals surface area contributed by atoms with Crippen molar-refractivity contribution in [3.8, 4) is 5.75 Å². The number of hydrogen-bond acceptors (Lipinski definition) is 3. The summed E-state index contributed by atoms with van der Waals surface area (Å²) in [6, 6.07) is 15.1. The standard InChI is InChI=1S/C16H16ClNO2S/c1-12(19)18-14-4-6-15(7-5-14)20-10-11-21-16-8-2-13(17)3-9-16/h2-9H,10-11H2,1H3,(H,18,19). The van der Waals surface area contributed by atoms with Crippen LogP contribution in [0.5, 0.6) is 5.75 Å². The molecule has 1 amide bonds. The molecule has 1 N–H and O–H groups in total. The highest BCUT2D eigenvalue weighted by molar-refractivity contribution is 7.99. The molecule has 3 nitrogen and oxygen atoms in total. The average molecular weight is 322 g/mol. The smallest absolute Gasteiger partial charge is 0.221 e. The molecule has 0 saturated carbocycles. The van der Waals surface area contributed by atoms with E-state index in [1.165, 1.54) is 11.8 Å². The summed E-state index contributed by atoms with van der Waals surface area (Å²) in [7, 11) is 0. The Kier molecular flexibility index (Phi) is 5.96. The predicted octanol–water partition coefficient (Wildman–Crippen LogP) is 4.47. The predicted molar refractivity (Wildman–Crippen MR) is 88.4 cm³/mol. The maximum Gasteiger partial charge on any atom is 0.221 e. The zero-order chi connectivity index (χ0) is 15.1. The van der Waals surface area contributed by atoms with Crippen LogP contribution in [0, 0.1) is 0 Å². The van der Waals surface area contributed by atoms with Crippen LogP contribution < -0.4 is 10.1 Å². The third-order valence-electron chi connectivity index (χ3n) is 2.61. The molecule has 110 valence electrons. The number of hydrogen-bond donors (Lipinski definition) is 1. The van der Waals surface area contributed by atoms with Crippen LogP contribution in [0.15, 0.2) is 53.4 Å². The van der Waals surface area contributed by atoms with Gasteiger partial charge in [0.15, 0.2) is 0 Å². The number of nitrogens with one attached hydrogen (secondary N) is 1. The van der Waals surface area contributed by atoms with Gasteiger partial charge in [-0.1, -0.05) is 11.6 Å². The number of benzene rings is 2. The van der Waals surface area contributed by atoms with Gasteiger partial charge >= 0.3 is 0 Å². The molecule has 0 radical (unpaired) electrons. The number of anilines is 1. The first-order chi connectivity index (χ1) is 10.1. The summed E-state index contributed by atoms with van der Waals surface area (Å²) in [4.78, 5) is 12.1. The molecule has 5 heteroatoms. The van der Waals surface area contributed by atoms with Crippen LogP contribution in [0.25, 0.3) is 0 Å². The van der Waals surface area contributed by atoms with Crippen molar-refractivity contribution in [1.29, 1.82) is 0 Å². The van der Waals surface area contributed by atoms with Crippen molar-refractivity contribution in [1.82, 2.24) is 0 Å². The van der Waals surface area contributed by atoms with E-state index < -0.39 is 0 Å². The number of carbonyl (C=O) groups excluding carboxylic acids is 1. The van der Waals surface area contributed by atoms with E-state index in [0.29, 0.717) is 6.61 Å². The molecule has 0 aromatic heterocycles. The van der Waals surface area contributed by atoms with Gasteiger partial charge in [0.05, 0.1) is 6.61 Å². The van der Waals surface area contributed by atoms with Crippen LogP contribution in [-0.2, 0) is 4.79 Å². The monoisotopic (exact) mass is 321 g/mol. The molecule has 0 atom stereocenters. The molecule has 0 aliphatic heterocycles. The molecule has 2 aromatic rings. The number of carbonyl (C=O) groups is 1. The van der Waals surface area contributed by atoms with Crippen LogP contribution in [0.4, 0.5) is 5.69 Å². The van der Waals surface area contributed by atoms with Gasteiger partial charge in [-0.25, -0.2) is 0 Å². The first kappa shape index (κ1) is 15.7. The maximum atomic E-state index is 10.9. The molecule has 2 aromatic carbocycles. The quantitative estimate of drug-likeness (QED) is 0.630. The topological polar surface area (TPSA) is 38.3 Å². The van der Waals surface area contributed by atoms with E-state index in [1.807, 2.05) is 48.5 Å². The summed E-state index contributed by atoms with van der Waals surface area (Å²) in [5.41, 5.74) is 0.769. The van der Waals surface area contributed by atoms with Gasteiger partial charge in [0, 0.05) is 28.3 Å². The fourth-order valence-corrected chi connectivity index (χ4v) is 2.54. The summed E-state index contributed by atoms with van der Waals surface area (Å²) in [5.74, 6) is 1.57. The van der Waals surface area contributed by atoms with Crippen LogP contribution in [0.1, 0.15) is 6.92 Å². The first-order valence-corrected chi connectivity index (χ1v) is 7.89. The molecule has 0 fully saturated rings. The molecule has 0 saturated heterocycles. The number of thioether (sulfide) groups is 1. The lowest BCUT2D eigenvalue weighted by atomic mass is 10.3. The Morgan fingerprint density at radius 3 is 2.43 bits per heavy atom. The SMILES string of the molecule is CC(=O)Nc1ccc(OCCSc2ccc(Cl)cc2)cc1. The normalized spacial score (nSPS) is 10.2. The Balaban J connectivity index is 1.73. The van der Waals surface area contributed by atoms with Crippen molar-refractivity contribution in [2.45, 2.75) is 11.8 Å². The van der Waals surface area contributed by atoms with Crippen LogP contribution >= 0.6 is 23.4 Å². The van der Waals surface area contributed by atoms with Crippen molar-refractivity contribution < 1.29 is 9.53 Å². The van der Waals surface area contributed by atoms with Crippen molar-refractivity contribution in [2.24, 2.45) is 0 Å². The molecule has 0 bridgehead atoms. The maximum absolute atomic E-state index is 10.9. The minimum Gasteiger partial charge on any atom is -0.493 e. The van der Waals surface area contributed by atoms with Gasteiger partial charge in [-0.3, -0.25) is 4.79 Å². The van der Waals surface area contributed by atoms with Gasteiger partial charge in [-0.05, 0) is 48.5 Å². The fourth-order valence-electron chi connectivity index (χ4n) is 1.69. The third-order valence-corrected chi connectivity index (χ3v) is 3.84. The lowest BCUT2D eigenvalue weighted by Crippen LogP contribution is -2.05. The molecule has 0 aliphatic rings. The van der Waals surface area contributed by atoms with E-state index in [0.717, 1.165) is 22.2 Å². The van der Waals surface area contributed by atoms with Gasteiger partial charge in [-0.15, -0.1) is 11.8 Å². The second-order valence-corrected chi connectivity index (χ2v) is 5.96. The highest BCUT2D eigenvalue weighted by Crippen LogP contribution is 2.21. The summed E-state index contributed by atoms with van der Waals surface area (Å²) in [6.07, 6.45) is 0. The summed E-state index contributed by atoms with van der Waals surface area (Å²) >= 11 is 7.56. The molecule has 0 aliphatic carbocycles. The first-order valence-electron chi connectivity index (χ1n) is 6.52. The molecular weight excluding hydrogens is 306 g/mol. The van der Waals surface area contributed by atoms with E-state index in [-0.39, 0.29) is 5.91 Å². The van der Waals surface area contributed by atoms with E-state index in [4.69, 9.17) is 16.3 Å². The molecule has 0 heterocycles. The van der Waals surface area contributed by atoms with Crippen LogP contribution in [-0.4, -0.2) is 18.3 Å². The Hall–Kier alpha value is -1.65. The Labute approximate surface area is 133 Å². The zero-order valence-corrected chi connectivity index (χ0v) is 13.2. The zero-order valence-electron chi connectivity index (χ0n) is 11.6. The Morgan fingerprint density at radius 1 is 1.14 bits per heavy atom. The van der Waals surface area contributed by atoms with Crippen molar-refractivity contribution in [3.63, 3.8) is 0 Å². The highest BCUT2D eigenvalue weighted by atomic mass is 35.5. The number of amides is 1. The lowest BCUT2D eigenvalue weighted by Gasteiger charge is -2.07. The van der Waals surface area contributed by atoms with Crippen LogP contribution in [0.3, 0.4) is 0 Å². The summed E-state index contributed by atoms with van der Waals surface area (Å²) in [5, 5.41) is 3.46. The minimum absolute atomic E-state index is 0.0805.